The minimum absolute atomic E-state index is 0.512. The van der Waals surface area contributed by atoms with Crippen molar-refractivity contribution in [2.75, 3.05) is 5.32 Å². The van der Waals surface area contributed by atoms with E-state index in [1.807, 2.05) is 18.2 Å². The second kappa shape index (κ2) is 5.20. The molecule has 0 aliphatic heterocycles. The highest BCUT2D eigenvalue weighted by Crippen LogP contribution is 2.29. The highest BCUT2D eigenvalue weighted by Gasteiger charge is 2.07. The lowest BCUT2D eigenvalue weighted by molar-refractivity contribution is 0.210. The topological polar surface area (TPSA) is 84.6 Å². The van der Waals surface area contributed by atoms with Crippen LogP contribution < -0.4 is 16.1 Å². The summed E-state index contributed by atoms with van der Waals surface area (Å²) >= 11 is 0. The molecule has 5 nitrogen and oxygen atoms in total. The summed E-state index contributed by atoms with van der Waals surface area (Å²) in [7, 11) is 0. The van der Waals surface area contributed by atoms with Gasteiger partial charge >= 0.3 is 6.09 Å². The van der Waals surface area contributed by atoms with Gasteiger partial charge in [-0.05, 0) is 23.8 Å². The Morgan fingerprint density at radius 2 is 1.94 bits per heavy atom. The van der Waals surface area contributed by atoms with Crippen LogP contribution in [-0.4, -0.2) is 11.2 Å². The van der Waals surface area contributed by atoms with E-state index in [0.717, 1.165) is 11.1 Å². The second-order valence-electron chi connectivity index (χ2n) is 3.62. The first-order valence-electron chi connectivity index (χ1n) is 5.27. The quantitative estimate of drug-likeness (QED) is 0.725. The predicted octanol–water partition coefficient (Wildman–Crippen LogP) is 2.70. The summed E-state index contributed by atoms with van der Waals surface area (Å²) in [6.07, 6.45) is -1.10. The van der Waals surface area contributed by atoms with E-state index in [4.69, 9.17) is 11.0 Å². The number of nitrogens with two attached hydrogens (primary N) is 1. The van der Waals surface area contributed by atoms with E-state index in [1.54, 1.807) is 30.3 Å². The standard InChI is InChI=1S/C13H12N2O3/c14-18-10-5-3-4-9(8-10)11-6-1-2-7-12(11)15-13(16)17/h1-8,15H,14H2,(H,16,17). The third-order valence-electron chi connectivity index (χ3n) is 2.45. The van der Waals surface area contributed by atoms with Crippen LogP contribution in [0.1, 0.15) is 0 Å². The van der Waals surface area contributed by atoms with Crippen LogP contribution >= 0.6 is 0 Å². The van der Waals surface area contributed by atoms with Gasteiger partial charge in [0, 0.05) is 5.56 Å². The molecule has 0 aliphatic carbocycles. The van der Waals surface area contributed by atoms with Crippen LogP contribution in [0.15, 0.2) is 48.5 Å². The van der Waals surface area contributed by atoms with Gasteiger partial charge in [-0.2, -0.15) is 5.90 Å². The molecule has 0 fully saturated rings. The fraction of sp³-hybridized carbons (Fsp3) is 0. The Bertz CT molecular complexity index is 570. The van der Waals surface area contributed by atoms with E-state index >= 15 is 0 Å². The van der Waals surface area contributed by atoms with Gasteiger partial charge in [0.15, 0.2) is 0 Å². The molecule has 0 saturated carbocycles. The molecule has 4 N–H and O–H groups in total. The Hall–Kier alpha value is -2.53. The lowest BCUT2D eigenvalue weighted by atomic mass is 10.0. The van der Waals surface area contributed by atoms with Crippen LogP contribution in [0, 0.1) is 0 Å². The molecule has 1 amide bonds. The number of rotatable bonds is 3. The molecule has 18 heavy (non-hydrogen) atoms. The summed E-state index contributed by atoms with van der Waals surface area (Å²) in [4.78, 5) is 15.4. The van der Waals surface area contributed by atoms with Crippen molar-refractivity contribution in [3.63, 3.8) is 0 Å². The van der Waals surface area contributed by atoms with Crippen molar-refractivity contribution in [3.8, 4) is 16.9 Å². The fourth-order valence-corrected chi connectivity index (χ4v) is 1.70. The van der Waals surface area contributed by atoms with Crippen LogP contribution in [-0.2, 0) is 0 Å². The Morgan fingerprint density at radius 3 is 2.67 bits per heavy atom. The van der Waals surface area contributed by atoms with Gasteiger partial charge in [-0.25, -0.2) is 4.79 Å². The largest absolute Gasteiger partial charge is 0.465 e. The summed E-state index contributed by atoms with van der Waals surface area (Å²) in [6, 6.07) is 14.2. The summed E-state index contributed by atoms with van der Waals surface area (Å²) < 4.78 is 0. The Labute approximate surface area is 104 Å². The van der Waals surface area contributed by atoms with Crippen LogP contribution in [0.25, 0.3) is 11.1 Å². The summed E-state index contributed by atoms with van der Waals surface area (Å²) in [5.41, 5.74) is 2.10. The molecule has 0 heterocycles. The Morgan fingerprint density at radius 1 is 1.17 bits per heavy atom. The molecule has 0 aliphatic rings. The molecule has 2 aromatic rings. The molecule has 2 rings (SSSR count). The van der Waals surface area contributed by atoms with Crippen molar-refractivity contribution in [3.05, 3.63) is 48.5 Å². The Kier molecular flexibility index (Phi) is 3.45. The van der Waals surface area contributed by atoms with Crippen molar-refractivity contribution < 1.29 is 14.7 Å². The first-order chi connectivity index (χ1) is 8.70. The maximum Gasteiger partial charge on any atom is 0.409 e. The summed E-state index contributed by atoms with van der Waals surface area (Å²) in [5.74, 6) is 5.62. The van der Waals surface area contributed by atoms with Crippen LogP contribution in [0.5, 0.6) is 5.75 Å². The number of hydrogen-bond donors (Lipinski definition) is 3. The highest BCUT2D eigenvalue weighted by atomic mass is 16.6. The normalized spacial score (nSPS) is 9.83. The van der Waals surface area contributed by atoms with Crippen LogP contribution in [0.4, 0.5) is 10.5 Å². The van der Waals surface area contributed by atoms with Gasteiger partial charge in [0.1, 0.15) is 5.75 Å². The van der Waals surface area contributed by atoms with Crippen LogP contribution in [0.2, 0.25) is 0 Å². The molecule has 0 saturated heterocycles. The number of carbonyl (C=O) groups is 1. The van der Waals surface area contributed by atoms with Gasteiger partial charge < -0.3 is 9.94 Å². The molecule has 92 valence electrons. The van der Waals surface area contributed by atoms with Crippen molar-refractivity contribution >= 4 is 11.8 Å². The van der Waals surface area contributed by atoms with Gasteiger partial charge in [-0.1, -0.05) is 30.3 Å². The first-order valence-corrected chi connectivity index (χ1v) is 5.27. The van der Waals surface area contributed by atoms with Crippen LogP contribution in [0.3, 0.4) is 0 Å². The monoisotopic (exact) mass is 244 g/mol. The van der Waals surface area contributed by atoms with Gasteiger partial charge in [-0.15, -0.1) is 0 Å². The Balaban J connectivity index is 2.45. The van der Waals surface area contributed by atoms with Gasteiger partial charge in [0.2, 0.25) is 0 Å². The van der Waals surface area contributed by atoms with Gasteiger partial charge in [0.05, 0.1) is 5.69 Å². The number of benzene rings is 2. The van der Waals surface area contributed by atoms with Crippen molar-refractivity contribution in [1.82, 2.24) is 0 Å². The van der Waals surface area contributed by atoms with E-state index in [2.05, 4.69) is 10.2 Å². The smallest absolute Gasteiger partial charge is 0.409 e. The highest BCUT2D eigenvalue weighted by molar-refractivity contribution is 5.90. The van der Waals surface area contributed by atoms with Gasteiger partial charge in [-0.3, -0.25) is 5.32 Å². The molecule has 0 atom stereocenters. The molecule has 0 unspecified atom stereocenters. The van der Waals surface area contributed by atoms with E-state index in [1.165, 1.54) is 0 Å². The molecule has 2 aromatic carbocycles. The number of nitrogens with one attached hydrogen (secondary N) is 1. The van der Waals surface area contributed by atoms with Crippen molar-refractivity contribution in [1.29, 1.82) is 0 Å². The fourth-order valence-electron chi connectivity index (χ4n) is 1.70. The molecular weight excluding hydrogens is 232 g/mol. The maximum absolute atomic E-state index is 10.7. The average molecular weight is 244 g/mol. The van der Waals surface area contributed by atoms with Gasteiger partial charge in [0.25, 0.3) is 0 Å². The molecule has 0 radical (unpaired) electrons. The number of carboxylic acid groups (broad SMARTS) is 1. The summed E-state index contributed by atoms with van der Waals surface area (Å²) in [5, 5.41) is 11.1. The zero-order valence-electron chi connectivity index (χ0n) is 9.46. The predicted molar refractivity (Wildman–Crippen MR) is 68.3 cm³/mol. The third kappa shape index (κ3) is 2.58. The first kappa shape index (κ1) is 11.9. The van der Waals surface area contributed by atoms with E-state index in [-0.39, 0.29) is 0 Å². The SMILES string of the molecule is NOc1cccc(-c2ccccc2NC(=O)O)c1. The van der Waals surface area contributed by atoms with E-state index < -0.39 is 6.09 Å². The summed E-state index contributed by atoms with van der Waals surface area (Å²) in [6.45, 7) is 0. The lowest BCUT2D eigenvalue weighted by Gasteiger charge is -2.09. The van der Waals surface area contributed by atoms with Crippen molar-refractivity contribution in [2.45, 2.75) is 0 Å². The molecule has 0 aromatic heterocycles. The number of hydrogen-bond acceptors (Lipinski definition) is 3. The zero-order chi connectivity index (χ0) is 13.0. The second-order valence-corrected chi connectivity index (χ2v) is 3.62. The maximum atomic E-state index is 10.7. The molecular formula is C13H12N2O3. The number of amides is 1. The molecule has 0 spiro atoms. The minimum atomic E-state index is -1.10. The minimum Gasteiger partial charge on any atom is -0.465 e. The van der Waals surface area contributed by atoms with E-state index in [0.29, 0.717) is 11.4 Å². The average Bonchev–Trinajstić information content (AvgIpc) is 2.39. The van der Waals surface area contributed by atoms with Crippen molar-refractivity contribution in [2.24, 2.45) is 5.90 Å². The van der Waals surface area contributed by atoms with E-state index in [9.17, 15) is 4.79 Å². The lowest BCUT2D eigenvalue weighted by Crippen LogP contribution is -2.08. The number of para-hydroxylation sites is 1. The molecule has 5 heteroatoms. The number of anilines is 1. The zero-order valence-corrected chi connectivity index (χ0v) is 9.46. The molecule has 0 bridgehead atoms. The third-order valence-corrected chi connectivity index (χ3v) is 2.45.